The number of Topliss-reactive ketones (excluding diaryl/α,β-unsaturated/α-hetero) is 1. The zero-order valence-corrected chi connectivity index (χ0v) is 18.7. The molecule has 0 saturated heterocycles. The van der Waals surface area contributed by atoms with Crippen LogP contribution in [0, 0.1) is 11.8 Å². The molecule has 0 aromatic heterocycles. The van der Waals surface area contributed by atoms with E-state index in [4.69, 9.17) is 5.11 Å². The molecule has 32 heavy (non-hydrogen) atoms. The molecule has 0 heterocycles. The standard InChI is InChI=1S/C25H28N2O5/c1-5-22(30)25(2,24(32)26-3)27(4)23(31)20-14-10-18(11-15-20)7-6-17-8-12-19(13-9-17)21(29)16-28/h8-15,21,28-29H,5,16H2,1-4H3,(H,26,32)/t21-,25?/m1/s1. The lowest BCUT2D eigenvalue weighted by atomic mass is 9.90. The van der Waals surface area contributed by atoms with Crippen molar-refractivity contribution in [1.29, 1.82) is 0 Å². The topological polar surface area (TPSA) is 107 Å². The van der Waals surface area contributed by atoms with Crippen LogP contribution in [0.5, 0.6) is 0 Å². The van der Waals surface area contributed by atoms with Crippen molar-refractivity contribution in [1.82, 2.24) is 10.2 Å². The highest BCUT2D eigenvalue weighted by Gasteiger charge is 2.45. The Morgan fingerprint density at radius 3 is 1.97 bits per heavy atom. The van der Waals surface area contributed by atoms with Gasteiger partial charge in [0.1, 0.15) is 6.10 Å². The van der Waals surface area contributed by atoms with Gasteiger partial charge in [-0.2, -0.15) is 0 Å². The number of aliphatic hydroxyl groups excluding tert-OH is 2. The summed E-state index contributed by atoms with van der Waals surface area (Å²) in [4.78, 5) is 39.0. The van der Waals surface area contributed by atoms with Gasteiger partial charge < -0.3 is 20.4 Å². The molecule has 0 spiro atoms. The van der Waals surface area contributed by atoms with Crippen LogP contribution in [0.3, 0.4) is 0 Å². The Morgan fingerprint density at radius 1 is 1.03 bits per heavy atom. The van der Waals surface area contributed by atoms with E-state index in [-0.39, 0.29) is 18.8 Å². The summed E-state index contributed by atoms with van der Waals surface area (Å²) < 4.78 is 0. The lowest BCUT2D eigenvalue weighted by Gasteiger charge is -2.35. The Balaban J connectivity index is 2.20. The van der Waals surface area contributed by atoms with Gasteiger partial charge in [-0.1, -0.05) is 30.9 Å². The van der Waals surface area contributed by atoms with E-state index in [0.717, 1.165) is 5.56 Å². The third-order valence-electron chi connectivity index (χ3n) is 5.46. The third-order valence-corrected chi connectivity index (χ3v) is 5.46. The maximum Gasteiger partial charge on any atom is 0.254 e. The molecular formula is C25H28N2O5. The number of amides is 2. The monoisotopic (exact) mass is 436 g/mol. The summed E-state index contributed by atoms with van der Waals surface area (Å²) in [7, 11) is 2.87. The molecular weight excluding hydrogens is 408 g/mol. The van der Waals surface area contributed by atoms with E-state index in [0.29, 0.717) is 16.7 Å². The number of hydrogen-bond acceptors (Lipinski definition) is 5. The fraction of sp³-hybridized carbons (Fsp3) is 0.320. The highest BCUT2D eigenvalue weighted by molar-refractivity contribution is 6.13. The molecule has 2 rings (SSSR count). The van der Waals surface area contributed by atoms with Gasteiger partial charge in [0.15, 0.2) is 11.3 Å². The lowest BCUT2D eigenvalue weighted by molar-refractivity contribution is -0.141. The van der Waals surface area contributed by atoms with E-state index in [2.05, 4.69) is 17.2 Å². The molecule has 0 aliphatic carbocycles. The first-order valence-corrected chi connectivity index (χ1v) is 10.2. The minimum atomic E-state index is -1.60. The summed E-state index contributed by atoms with van der Waals surface area (Å²) in [5.41, 5.74) is 0.754. The Morgan fingerprint density at radius 2 is 1.53 bits per heavy atom. The number of aliphatic hydroxyl groups is 2. The van der Waals surface area contributed by atoms with Crippen molar-refractivity contribution in [2.45, 2.75) is 31.9 Å². The predicted octanol–water partition coefficient (Wildman–Crippen LogP) is 1.67. The number of benzene rings is 2. The summed E-state index contributed by atoms with van der Waals surface area (Å²) in [6.45, 7) is 2.75. The van der Waals surface area contributed by atoms with Crippen LogP contribution in [-0.2, 0) is 9.59 Å². The van der Waals surface area contributed by atoms with Gasteiger partial charge in [0.25, 0.3) is 11.8 Å². The number of ketones is 1. The molecule has 0 aliphatic heterocycles. The first-order valence-electron chi connectivity index (χ1n) is 10.2. The summed E-state index contributed by atoms with van der Waals surface area (Å²) in [5.74, 6) is 4.65. The summed E-state index contributed by atoms with van der Waals surface area (Å²) in [6, 6.07) is 13.5. The normalized spacial score (nSPS) is 13.2. The van der Waals surface area contributed by atoms with Gasteiger partial charge in [-0.05, 0) is 48.9 Å². The number of nitrogens with one attached hydrogen (secondary N) is 1. The van der Waals surface area contributed by atoms with E-state index in [1.165, 1.54) is 25.9 Å². The largest absolute Gasteiger partial charge is 0.393 e. The Bertz CT molecular complexity index is 1020. The number of rotatable bonds is 7. The fourth-order valence-corrected chi connectivity index (χ4v) is 3.18. The molecule has 7 heteroatoms. The molecule has 2 atom stereocenters. The quantitative estimate of drug-likeness (QED) is 0.452. The summed E-state index contributed by atoms with van der Waals surface area (Å²) in [6.07, 6.45) is -0.797. The van der Waals surface area contributed by atoms with E-state index >= 15 is 0 Å². The van der Waals surface area contributed by atoms with E-state index in [9.17, 15) is 19.5 Å². The molecule has 0 aliphatic rings. The molecule has 7 nitrogen and oxygen atoms in total. The first-order chi connectivity index (χ1) is 15.2. The SMILES string of the molecule is CCC(=O)C(C)(C(=O)NC)N(C)C(=O)c1ccc(C#Cc2ccc([C@H](O)CO)cc2)cc1. The number of carbonyl (C=O) groups excluding carboxylic acids is 3. The van der Waals surface area contributed by atoms with E-state index in [1.54, 1.807) is 55.5 Å². The van der Waals surface area contributed by atoms with Crippen LogP contribution in [-0.4, -0.2) is 59.0 Å². The molecule has 2 aromatic carbocycles. The minimum absolute atomic E-state index is 0.121. The molecule has 0 bridgehead atoms. The Labute approximate surface area is 188 Å². The molecule has 0 radical (unpaired) electrons. The highest BCUT2D eigenvalue weighted by atomic mass is 16.3. The molecule has 0 fully saturated rings. The van der Waals surface area contributed by atoms with Gasteiger partial charge >= 0.3 is 0 Å². The van der Waals surface area contributed by atoms with Crippen LogP contribution >= 0.6 is 0 Å². The Hall–Kier alpha value is -3.47. The van der Waals surface area contributed by atoms with Gasteiger partial charge in [-0.25, -0.2) is 0 Å². The van der Waals surface area contributed by atoms with Crippen LogP contribution in [0.4, 0.5) is 0 Å². The number of nitrogens with zero attached hydrogens (tertiary/aromatic N) is 1. The predicted molar refractivity (Wildman–Crippen MR) is 121 cm³/mol. The number of carbonyl (C=O) groups is 3. The third kappa shape index (κ3) is 5.22. The van der Waals surface area contributed by atoms with E-state index in [1.807, 2.05) is 0 Å². The van der Waals surface area contributed by atoms with Crippen LogP contribution in [0.25, 0.3) is 0 Å². The Kier molecular flexibility index (Phi) is 8.30. The minimum Gasteiger partial charge on any atom is -0.393 e. The van der Waals surface area contributed by atoms with Crippen molar-refractivity contribution in [3.05, 3.63) is 70.8 Å². The van der Waals surface area contributed by atoms with Crippen LogP contribution in [0.15, 0.2) is 48.5 Å². The smallest absolute Gasteiger partial charge is 0.254 e. The van der Waals surface area contributed by atoms with Gasteiger partial charge in [-0.15, -0.1) is 0 Å². The van der Waals surface area contributed by atoms with Crippen molar-refractivity contribution >= 4 is 17.6 Å². The first kappa shape index (κ1) is 24.8. The van der Waals surface area contributed by atoms with Crippen LogP contribution < -0.4 is 5.32 Å². The van der Waals surface area contributed by atoms with Crippen molar-refractivity contribution in [3.8, 4) is 11.8 Å². The second kappa shape index (κ2) is 10.7. The van der Waals surface area contributed by atoms with Crippen molar-refractivity contribution in [2.24, 2.45) is 0 Å². The molecule has 2 amide bonds. The zero-order chi connectivity index (χ0) is 23.9. The molecule has 0 saturated carbocycles. The number of hydrogen-bond donors (Lipinski definition) is 3. The van der Waals surface area contributed by atoms with Gasteiger partial charge in [-0.3, -0.25) is 14.4 Å². The maximum absolute atomic E-state index is 13.0. The van der Waals surface area contributed by atoms with Crippen LogP contribution in [0.2, 0.25) is 0 Å². The van der Waals surface area contributed by atoms with Crippen molar-refractivity contribution in [3.63, 3.8) is 0 Å². The highest BCUT2D eigenvalue weighted by Crippen LogP contribution is 2.20. The van der Waals surface area contributed by atoms with Crippen LogP contribution in [0.1, 0.15) is 53.4 Å². The lowest BCUT2D eigenvalue weighted by Crippen LogP contribution is -2.61. The zero-order valence-electron chi connectivity index (χ0n) is 18.7. The molecule has 3 N–H and O–H groups in total. The maximum atomic E-state index is 13.0. The van der Waals surface area contributed by atoms with E-state index < -0.39 is 23.5 Å². The van der Waals surface area contributed by atoms with Gasteiger partial charge in [0.2, 0.25) is 0 Å². The average Bonchev–Trinajstić information content (AvgIpc) is 2.85. The van der Waals surface area contributed by atoms with Gasteiger partial charge in [0.05, 0.1) is 6.61 Å². The molecule has 2 aromatic rings. The second-order valence-corrected chi connectivity index (χ2v) is 7.44. The average molecular weight is 437 g/mol. The van der Waals surface area contributed by atoms with Gasteiger partial charge in [0, 0.05) is 37.2 Å². The molecule has 1 unspecified atom stereocenters. The summed E-state index contributed by atoms with van der Waals surface area (Å²) in [5, 5.41) is 21.1. The number of likely N-dealkylation sites (N-methyl/N-ethyl adjacent to an activating group) is 2. The van der Waals surface area contributed by atoms with Crippen molar-refractivity contribution < 1.29 is 24.6 Å². The van der Waals surface area contributed by atoms with Crippen molar-refractivity contribution in [2.75, 3.05) is 20.7 Å². The second-order valence-electron chi connectivity index (χ2n) is 7.44. The fourth-order valence-electron chi connectivity index (χ4n) is 3.18. The summed E-state index contributed by atoms with van der Waals surface area (Å²) >= 11 is 0. The molecule has 168 valence electrons.